The van der Waals surface area contributed by atoms with Gasteiger partial charge in [-0.05, 0) is 28.4 Å². The Morgan fingerprint density at radius 1 is 0.690 bits per heavy atom. The second-order valence-corrected chi connectivity index (χ2v) is 13.7. The summed E-state index contributed by atoms with van der Waals surface area (Å²) in [6.45, 7) is 13.6. The quantitative estimate of drug-likeness (QED) is 0.164. The molecule has 0 fully saturated rings. The third kappa shape index (κ3) is 9.60. The zero-order valence-electron chi connectivity index (χ0n) is 25.6. The first-order valence-corrected chi connectivity index (χ1v) is 15.4. The number of benzene rings is 4. The van der Waals surface area contributed by atoms with Crippen molar-refractivity contribution in [2.24, 2.45) is 0 Å². The van der Waals surface area contributed by atoms with Crippen LogP contribution in [0.5, 0.6) is 0 Å². The van der Waals surface area contributed by atoms with Crippen molar-refractivity contribution < 1.29 is 24.2 Å². The van der Waals surface area contributed by atoms with Gasteiger partial charge in [0.05, 0.1) is 0 Å². The molecular formula is C39H42Cl2Zr. The minimum absolute atomic E-state index is 0. The Balaban J connectivity index is 0.000000253. The van der Waals surface area contributed by atoms with E-state index in [-0.39, 0.29) is 35.6 Å². The summed E-state index contributed by atoms with van der Waals surface area (Å²) in [5.74, 6) is 0. The fraction of sp³-hybridized carbons (Fsp3) is 0.256. The third-order valence-corrected chi connectivity index (χ3v) is 8.59. The van der Waals surface area contributed by atoms with Crippen molar-refractivity contribution in [3.8, 4) is 11.1 Å². The molecule has 0 saturated carbocycles. The van der Waals surface area contributed by atoms with Gasteiger partial charge in [0.2, 0.25) is 0 Å². The molecule has 0 spiro atoms. The van der Waals surface area contributed by atoms with Gasteiger partial charge in [0.25, 0.3) is 0 Å². The molecule has 6 rings (SSSR count). The molecule has 2 aliphatic rings. The Bertz CT molecular complexity index is 1390. The first-order valence-electron chi connectivity index (χ1n) is 14.1. The van der Waals surface area contributed by atoms with Gasteiger partial charge in [-0.3, -0.25) is 6.08 Å². The van der Waals surface area contributed by atoms with Crippen molar-refractivity contribution in [1.82, 2.24) is 0 Å². The first-order chi connectivity index (χ1) is 19.0. The molecule has 216 valence electrons. The summed E-state index contributed by atoms with van der Waals surface area (Å²) in [4.78, 5) is 0. The van der Waals surface area contributed by atoms with Gasteiger partial charge in [-0.15, -0.1) is 42.4 Å². The van der Waals surface area contributed by atoms with Crippen molar-refractivity contribution in [1.29, 1.82) is 0 Å². The van der Waals surface area contributed by atoms with Crippen LogP contribution in [0.2, 0.25) is 0 Å². The van der Waals surface area contributed by atoms with E-state index >= 15 is 0 Å². The van der Waals surface area contributed by atoms with Crippen LogP contribution in [0, 0.1) is 12.1 Å². The number of hydrogen-bond donors (Lipinski definition) is 0. The second-order valence-electron chi connectivity index (χ2n) is 12.4. The van der Waals surface area contributed by atoms with Crippen LogP contribution in [0.25, 0.3) is 11.1 Å². The summed E-state index contributed by atoms with van der Waals surface area (Å²) in [6.07, 6.45) is 11.0. The standard InChI is InChI=1S/C21H25.C13H10.C5H5.2ClH.Zr/c1-20(2,3)16-7-9-18-14(12-16)11-15-13-17(21(4,5)6)8-10-19(15)18;1-3-7-12(8-4-1)11-13-9-5-2-6-10-13;1-2-4-5-3-1;;;/h7-10,12H,11H2,1-6H3;1-10H;1-3H,4H2;2*1H;/q-1;;-1;;;+2. The summed E-state index contributed by atoms with van der Waals surface area (Å²) < 4.78 is 1.42. The molecule has 4 aromatic rings. The average molecular weight is 673 g/mol. The second kappa shape index (κ2) is 16.0. The van der Waals surface area contributed by atoms with Crippen molar-refractivity contribution in [3.63, 3.8) is 0 Å². The van der Waals surface area contributed by atoms with E-state index in [0.29, 0.717) is 0 Å². The van der Waals surface area contributed by atoms with Gasteiger partial charge in [-0.25, -0.2) is 12.2 Å². The van der Waals surface area contributed by atoms with Gasteiger partial charge in [-0.1, -0.05) is 65.3 Å². The van der Waals surface area contributed by atoms with E-state index in [0.717, 1.165) is 12.8 Å². The van der Waals surface area contributed by atoms with Crippen LogP contribution in [0.4, 0.5) is 0 Å². The molecule has 0 radical (unpaired) electrons. The molecule has 0 atom stereocenters. The molecule has 0 nitrogen and oxygen atoms in total. The molecule has 2 aliphatic carbocycles. The van der Waals surface area contributed by atoms with Gasteiger partial charge < -0.3 is 0 Å². The fourth-order valence-corrected chi connectivity index (χ4v) is 5.56. The van der Waals surface area contributed by atoms with E-state index < -0.39 is 0 Å². The van der Waals surface area contributed by atoms with Gasteiger partial charge in [-0.2, -0.15) is 29.8 Å². The van der Waals surface area contributed by atoms with E-state index in [9.17, 15) is 0 Å². The topological polar surface area (TPSA) is 0 Å². The van der Waals surface area contributed by atoms with Gasteiger partial charge in [0.1, 0.15) is 0 Å². The minimum atomic E-state index is 0. The predicted molar refractivity (Wildman–Crippen MR) is 183 cm³/mol. The summed E-state index contributed by atoms with van der Waals surface area (Å²) >= 11 is 1.46. The van der Waals surface area contributed by atoms with Crippen molar-refractivity contribution in [2.75, 3.05) is 0 Å². The summed E-state index contributed by atoms with van der Waals surface area (Å²) in [7, 11) is 0. The van der Waals surface area contributed by atoms with Crippen LogP contribution >= 0.6 is 24.8 Å². The maximum absolute atomic E-state index is 3.67. The molecule has 0 heterocycles. The number of allylic oxidation sites excluding steroid dienone is 4. The van der Waals surface area contributed by atoms with E-state index in [1.807, 2.05) is 12.2 Å². The molecule has 0 unspecified atom stereocenters. The SMILES string of the molecule is CC(C)(C)c1[c-]c2c(cc1)-c1ccc(C(C)(C)C)cc1C2.Cl.Cl.[C-]1=CC=CC1.[Zr+2]=[C](c1ccccc1)c1ccccc1. The van der Waals surface area contributed by atoms with E-state index in [4.69, 9.17) is 0 Å². The Morgan fingerprint density at radius 3 is 1.71 bits per heavy atom. The van der Waals surface area contributed by atoms with E-state index in [1.165, 1.54) is 71.9 Å². The number of rotatable bonds is 2. The van der Waals surface area contributed by atoms with Crippen molar-refractivity contribution in [2.45, 2.75) is 65.2 Å². The molecule has 0 bridgehead atoms. The van der Waals surface area contributed by atoms with Crippen molar-refractivity contribution >= 4 is 28.0 Å². The number of fused-ring (bicyclic) bond motifs is 3. The Kier molecular flexibility index (Phi) is 13.6. The van der Waals surface area contributed by atoms with Crippen LogP contribution in [-0.2, 0) is 41.5 Å². The Labute approximate surface area is 281 Å². The summed E-state index contributed by atoms with van der Waals surface area (Å²) in [5, 5.41) is 0. The van der Waals surface area contributed by atoms with Gasteiger partial charge >= 0.3 is 99.2 Å². The normalized spacial score (nSPS) is 12.4. The molecule has 0 amide bonds. The van der Waals surface area contributed by atoms with Gasteiger partial charge in [0, 0.05) is 0 Å². The zero-order chi connectivity index (χ0) is 28.8. The third-order valence-electron chi connectivity index (χ3n) is 7.17. The number of hydrogen-bond acceptors (Lipinski definition) is 0. The molecular weight excluding hydrogens is 631 g/mol. The predicted octanol–water partition coefficient (Wildman–Crippen LogP) is 10.6. The molecule has 0 saturated heterocycles. The maximum atomic E-state index is 3.67. The van der Waals surface area contributed by atoms with Crippen LogP contribution in [0.3, 0.4) is 0 Å². The fourth-order valence-electron chi connectivity index (χ4n) is 4.74. The molecule has 42 heavy (non-hydrogen) atoms. The molecule has 3 heteroatoms. The average Bonchev–Trinajstić information content (AvgIpc) is 3.64. The van der Waals surface area contributed by atoms with Crippen molar-refractivity contribution in [3.05, 3.63) is 155 Å². The summed E-state index contributed by atoms with van der Waals surface area (Å²) in [5.41, 5.74) is 11.4. The van der Waals surface area contributed by atoms with Crippen LogP contribution in [0.1, 0.15) is 81.3 Å². The Morgan fingerprint density at radius 2 is 1.26 bits per heavy atom. The van der Waals surface area contributed by atoms with Crippen LogP contribution in [-0.4, -0.2) is 3.21 Å². The van der Waals surface area contributed by atoms with E-state index in [1.54, 1.807) is 0 Å². The Hall–Kier alpha value is -2.31. The number of halogens is 2. The van der Waals surface area contributed by atoms with Gasteiger partial charge in [0.15, 0.2) is 0 Å². The molecule has 0 aromatic heterocycles. The summed E-state index contributed by atoms with van der Waals surface area (Å²) in [6, 6.07) is 36.3. The molecule has 4 aromatic carbocycles. The zero-order valence-corrected chi connectivity index (χ0v) is 29.7. The van der Waals surface area contributed by atoms with E-state index in [2.05, 4.69) is 151 Å². The van der Waals surface area contributed by atoms with Crippen LogP contribution < -0.4 is 0 Å². The monoisotopic (exact) mass is 670 g/mol. The molecule has 0 aliphatic heterocycles. The molecule has 0 N–H and O–H groups in total. The first kappa shape index (κ1) is 35.9. The van der Waals surface area contributed by atoms with Crippen LogP contribution in [0.15, 0.2) is 109 Å².